The number of rotatable bonds is 4. The molecular weight excluding hydrogens is 338 g/mol. The molecule has 23 heavy (non-hydrogen) atoms. The molecule has 1 amide bonds. The van der Waals surface area contributed by atoms with Gasteiger partial charge >= 0.3 is 0 Å². The summed E-state index contributed by atoms with van der Waals surface area (Å²) in [6, 6.07) is 5.45. The molecule has 1 fully saturated rings. The summed E-state index contributed by atoms with van der Waals surface area (Å²) in [5, 5.41) is 2.82. The highest BCUT2D eigenvalue weighted by Gasteiger charge is 2.30. The molecule has 1 heterocycles. The second-order valence-electron chi connectivity index (χ2n) is 5.58. The minimum absolute atomic E-state index is 0. The van der Waals surface area contributed by atoms with Gasteiger partial charge in [0.05, 0.1) is 11.4 Å². The van der Waals surface area contributed by atoms with Crippen LogP contribution in [0.3, 0.4) is 0 Å². The lowest BCUT2D eigenvalue weighted by atomic mass is 10.2. The number of halogens is 1. The lowest BCUT2D eigenvalue weighted by Crippen LogP contribution is -2.52. The van der Waals surface area contributed by atoms with Gasteiger partial charge in [0.25, 0.3) is 0 Å². The number of hydrogen-bond acceptors (Lipinski definition) is 4. The van der Waals surface area contributed by atoms with E-state index >= 15 is 0 Å². The first kappa shape index (κ1) is 19.9. The van der Waals surface area contributed by atoms with Crippen LogP contribution in [0.1, 0.15) is 11.1 Å². The van der Waals surface area contributed by atoms with Crippen molar-refractivity contribution in [3.05, 3.63) is 29.3 Å². The van der Waals surface area contributed by atoms with Gasteiger partial charge in [0.1, 0.15) is 0 Å². The molecule has 0 spiro atoms. The molecule has 1 aliphatic heterocycles. The number of carbonyl (C=O) groups excluding carboxylic acids is 1. The SMILES string of the molecule is CNCC(=O)N1CCN(S(=O)(=O)c2cc(C)ccc2C)CC1.Cl. The summed E-state index contributed by atoms with van der Waals surface area (Å²) < 4.78 is 27.0. The number of sulfonamides is 1. The first-order valence-electron chi connectivity index (χ1n) is 7.36. The zero-order valence-corrected chi connectivity index (χ0v) is 15.3. The summed E-state index contributed by atoms with van der Waals surface area (Å²) in [5.41, 5.74) is 1.67. The summed E-state index contributed by atoms with van der Waals surface area (Å²) in [6.07, 6.45) is 0. The molecule has 1 aromatic carbocycles. The molecule has 1 N–H and O–H groups in total. The van der Waals surface area contributed by atoms with Gasteiger partial charge in [0.2, 0.25) is 15.9 Å². The zero-order chi connectivity index (χ0) is 16.3. The van der Waals surface area contributed by atoms with E-state index in [-0.39, 0.29) is 24.9 Å². The number of aryl methyl sites for hydroxylation is 2. The first-order chi connectivity index (χ1) is 10.4. The van der Waals surface area contributed by atoms with Crippen LogP contribution in [0.5, 0.6) is 0 Å². The number of hydrogen-bond donors (Lipinski definition) is 1. The Labute approximate surface area is 144 Å². The molecule has 0 radical (unpaired) electrons. The molecular formula is C15H24ClN3O3S. The van der Waals surface area contributed by atoms with Crippen LogP contribution in [0, 0.1) is 13.8 Å². The minimum atomic E-state index is -3.50. The lowest BCUT2D eigenvalue weighted by molar-refractivity contribution is -0.131. The molecule has 0 saturated carbocycles. The number of benzene rings is 1. The molecule has 1 aromatic rings. The molecule has 0 aromatic heterocycles. The quantitative estimate of drug-likeness (QED) is 0.860. The minimum Gasteiger partial charge on any atom is -0.339 e. The topological polar surface area (TPSA) is 69.7 Å². The van der Waals surface area contributed by atoms with Crippen molar-refractivity contribution >= 4 is 28.3 Å². The molecule has 1 aliphatic rings. The van der Waals surface area contributed by atoms with Crippen LogP contribution < -0.4 is 5.32 Å². The third kappa shape index (κ3) is 4.44. The van der Waals surface area contributed by atoms with Crippen LogP contribution in [0.25, 0.3) is 0 Å². The maximum Gasteiger partial charge on any atom is 0.243 e. The Balaban J connectivity index is 0.00000264. The van der Waals surface area contributed by atoms with Gasteiger partial charge in [-0.1, -0.05) is 12.1 Å². The number of amides is 1. The summed E-state index contributed by atoms with van der Waals surface area (Å²) in [6.45, 7) is 5.52. The van der Waals surface area contributed by atoms with Crippen LogP contribution in [-0.2, 0) is 14.8 Å². The van der Waals surface area contributed by atoms with Crippen molar-refractivity contribution in [2.75, 3.05) is 39.8 Å². The zero-order valence-electron chi connectivity index (χ0n) is 13.7. The number of piperazine rings is 1. The van der Waals surface area contributed by atoms with E-state index in [2.05, 4.69) is 5.32 Å². The smallest absolute Gasteiger partial charge is 0.243 e. The molecule has 2 rings (SSSR count). The van der Waals surface area contributed by atoms with Crippen LogP contribution in [0.4, 0.5) is 0 Å². The molecule has 0 aliphatic carbocycles. The molecule has 8 heteroatoms. The van der Waals surface area contributed by atoms with Gasteiger partial charge in [0, 0.05) is 26.2 Å². The van der Waals surface area contributed by atoms with Gasteiger partial charge in [-0.15, -0.1) is 12.4 Å². The number of nitrogens with one attached hydrogen (secondary N) is 1. The number of nitrogens with zero attached hydrogens (tertiary/aromatic N) is 2. The predicted molar refractivity (Wildman–Crippen MR) is 92.4 cm³/mol. The monoisotopic (exact) mass is 361 g/mol. The Morgan fingerprint density at radius 3 is 2.35 bits per heavy atom. The summed E-state index contributed by atoms with van der Waals surface area (Å²) in [4.78, 5) is 13.9. The van der Waals surface area contributed by atoms with E-state index in [9.17, 15) is 13.2 Å². The van der Waals surface area contributed by atoms with Crippen molar-refractivity contribution in [3.63, 3.8) is 0 Å². The largest absolute Gasteiger partial charge is 0.339 e. The highest BCUT2D eigenvalue weighted by atomic mass is 35.5. The Bertz CT molecular complexity index is 656. The van der Waals surface area contributed by atoms with Crippen molar-refractivity contribution in [2.24, 2.45) is 0 Å². The highest BCUT2D eigenvalue weighted by molar-refractivity contribution is 7.89. The summed E-state index contributed by atoms with van der Waals surface area (Å²) >= 11 is 0. The van der Waals surface area contributed by atoms with Crippen LogP contribution in [0.2, 0.25) is 0 Å². The van der Waals surface area contributed by atoms with Gasteiger partial charge in [-0.05, 0) is 38.1 Å². The van der Waals surface area contributed by atoms with Crippen LogP contribution >= 0.6 is 12.4 Å². The van der Waals surface area contributed by atoms with E-state index in [1.165, 1.54) is 4.31 Å². The Morgan fingerprint density at radius 1 is 1.17 bits per heavy atom. The fourth-order valence-electron chi connectivity index (χ4n) is 2.57. The van der Waals surface area contributed by atoms with Gasteiger partial charge in [-0.3, -0.25) is 4.79 Å². The maximum atomic E-state index is 12.8. The standard InChI is InChI=1S/C15H23N3O3S.ClH/c1-12-4-5-13(2)14(10-12)22(20,21)18-8-6-17(7-9-18)15(19)11-16-3;/h4-5,10,16H,6-9,11H2,1-3H3;1H. The van der Waals surface area contributed by atoms with E-state index in [0.29, 0.717) is 31.1 Å². The van der Waals surface area contributed by atoms with E-state index in [4.69, 9.17) is 0 Å². The fourth-order valence-corrected chi connectivity index (χ4v) is 4.30. The third-order valence-electron chi connectivity index (χ3n) is 3.88. The second-order valence-corrected chi connectivity index (χ2v) is 7.49. The molecule has 130 valence electrons. The number of carbonyl (C=O) groups is 1. The molecule has 0 bridgehead atoms. The van der Waals surface area contributed by atoms with Crippen molar-refractivity contribution in [1.29, 1.82) is 0 Å². The Hall–Kier alpha value is -1.15. The molecule has 1 saturated heterocycles. The van der Waals surface area contributed by atoms with Gasteiger partial charge in [-0.25, -0.2) is 8.42 Å². The average molecular weight is 362 g/mol. The highest BCUT2D eigenvalue weighted by Crippen LogP contribution is 2.22. The van der Waals surface area contributed by atoms with Gasteiger partial charge in [-0.2, -0.15) is 4.31 Å². The third-order valence-corrected chi connectivity index (χ3v) is 5.92. The van der Waals surface area contributed by atoms with Crippen molar-refractivity contribution in [3.8, 4) is 0 Å². The van der Waals surface area contributed by atoms with Crippen molar-refractivity contribution in [1.82, 2.24) is 14.5 Å². The fraction of sp³-hybridized carbons (Fsp3) is 0.533. The van der Waals surface area contributed by atoms with Gasteiger partial charge < -0.3 is 10.2 Å². The molecule has 0 unspecified atom stereocenters. The number of likely N-dealkylation sites (N-methyl/N-ethyl adjacent to an activating group) is 1. The summed E-state index contributed by atoms with van der Waals surface area (Å²) in [5.74, 6) is 0.00582. The van der Waals surface area contributed by atoms with E-state index in [1.807, 2.05) is 19.1 Å². The predicted octanol–water partition coefficient (Wildman–Crippen LogP) is 0.778. The molecule has 0 atom stereocenters. The average Bonchev–Trinajstić information content (AvgIpc) is 2.50. The lowest BCUT2D eigenvalue weighted by Gasteiger charge is -2.34. The second kappa shape index (κ2) is 8.10. The summed E-state index contributed by atoms with van der Waals surface area (Å²) in [7, 11) is -1.78. The Kier molecular flexibility index (Phi) is 7.01. The van der Waals surface area contributed by atoms with Crippen LogP contribution in [-0.4, -0.2) is 63.3 Å². The van der Waals surface area contributed by atoms with E-state index in [0.717, 1.165) is 11.1 Å². The maximum absolute atomic E-state index is 12.8. The normalized spacial score (nSPS) is 16.0. The first-order valence-corrected chi connectivity index (χ1v) is 8.80. The van der Waals surface area contributed by atoms with E-state index < -0.39 is 10.0 Å². The van der Waals surface area contributed by atoms with E-state index in [1.54, 1.807) is 24.9 Å². The van der Waals surface area contributed by atoms with Crippen molar-refractivity contribution in [2.45, 2.75) is 18.7 Å². The van der Waals surface area contributed by atoms with Crippen molar-refractivity contribution < 1.29 is 13.2 Å². The van der Waals surface area contributed by atoms with Crippen LogP contribution in [0.15, 0.2) is 23.1 Å². The Morgan fingerprint density at radius 2 is 1.78 bits per heavy atom. The van der Waals surface area contributed by atoms with Gasteiger partial charge in [0.15, 0.2) is 0 Å². The molecule has 6 nitrogen and oxygen atoms in total.